The highest BCUT2D eigenvalue weighted by Gasteiger charge is 2.04. The van der Waals surface area contributed by atoms with E-state index in [2.05, 4.69) is 392 Å². The summed E-state index contributed by atoms with van der Waals surface area (Å²) in [5.74, 6) is 2.15. The van der Waals surface area contributed by atoms with Crippen molar-refractivity contribution in [3.05, 3.63) is 195 Å². The van der Waals surface area contributed by atoms with Gasteiger partial charge in [0.2, 0.25) is 0 Å². The molecule has 0 spiro atoms. The lowest BCUT2D eigenvalue weighted by atomic mass is 9.93. The first-order valence-corrected chi connectivity index (χ1v) is 36.0. The van der Waals surface area contributed by atoms with Crippen LogP contribution in [0, 0.1) is 17.8 Å². The van der Waals surface area contributed by atoms with Crippen LogP contribution in [-0.4, -0.2) is 0 Å². The third kappa shape index (κ3) is 92.0. The molecule has 0 fully saturated rings. The molecule has 0 heteroatoms. The number of hydrogen-bond donors (Lipinski definition) is 0. The molecule has 0 heterocycles. The number of rotatable bonds is 16. The quantitative estimate of drug-likeness (QED) is 0.107. The Morgan fingerprint density at radius 2 is 0.620 bits per heavy atom. The van der Waals surface area contributed by atoms with Crippen LogP contribution in [0.3, 0.4) is 0 Å². The normalized spacial score (nSPS) is 11.2. The van der Waals surface area contributed by atoms with Crippen molar-refractivity contribution >= 4 is 0 Å². The fourth-order valence-corrected chi connectivity index (χ4v) is 6.34. The van der Waals surface area contributed by atoms with Crippen LogP contribution in [0.2, 0.25) is 0 Å². The van der Waals surface area contributed by atoms with E-state index in [-0.39, 0.29) is 0 Å². The highest BCUT2D eigenvalue weighted by molar-refractivity contribution is 5.33. The molecule has 92 heavy (non-hydrogen) atoms. The van der Waals surface area contributed by atoms with Gasteiger partial charge in [-0.2, -0.15) is 0 Å². The van der Waals surface area contributed by atoms with Gasteiger partial charge in [0.25, 0.3) is 0 Å². The van der Waals surface area contributed by atoms with Crippen molar-refractivity contribution < 1.29 is 0 Å². The van der Waals surface area contributed by atoms with Crippen molar-refractivity contribution in [3.63, 3.8) is 0 Å². The smallest absolute Gasteiger partial charge is 0.0260 e. The molecule has 0 N–H and O–H groups in total. The summed E-state index contributed by atoms with van der Waals surface area (Å²) in [6.07, 6.45) is 32.0. The first-order chi connectivity index (χ1) is 42.1. The van der Waals surface area contributed by atoms with Crippen LogP contribution in [0.1, 0.15) is 377 Å². The summed E-state index contributed by atoms with van der Waals surface area (Å²) in [6, 6.07) is 0. The van der Waals surface area contributed by atoms with E-state index in [0.29, 0.717) is 11.8 Å². The fourth-order valence-electron chi connectivity index (χ4n) is 6.34. The second kappa shape index (κ2) is 75.6. The predicted octanol–water partition coefficient (Wildman–Crippen LogP) is 34.4. The maximum Gasteiger partial charge on any atom is -0.0260 e. The van der Waals surface area contributed by atoms with Crippen molar-refractivity contribution in [3.8, 4) is 0 Å². The molecule has 0 rings (SSSR count). The average Bonchev–Trinajstić information content (AvgIpc) is 2.86. The Morgan fingerprint density at radius 3 is 0.739 bits per heavy atom. The molecule has 0 aromatic rings. The van der Waals surface area contributed by atoms with Gasteiger partial charge in [-0.15, -0.1) is 0 Å². The predicted molar refractivity (Wildman–Crippen MR) is 446 cm³/mol. The summed E-state index contributed by atoms with van der Waals surface area (Å²) in [5, 5.41) is 0. The maximum atomic E-state index is 2.26. The lowest BCUT2D eigenvalue weighted by Gasteiger charge is -2.13. The third-order valence-electron chi connectivity index (χ3n) is 16.0. The summed E-state index contributed by atoms with van der Waals surface area (Å²) < 4.78 is 0. The lowest BCUT2D eigenvalue weighted by molar-refractivity contribution is 0.691. The zero-order valence-corrected chi connectivity index (χ0v) is 72.5. The summed E-state index contributed by atoms with van der Waals surface area (Å²) in [4.78, 5) is 0. The van der Waals surface area contributed by atoms with Gasteiger partial charge in [0.1, 0.15) is 0 Å². The Kier molecular flexibility index (Phi) is 92.0. The maximum absolute atomic E-state index is 2.26. The van der Waals surface area contributed by atoms with Crippen LogP contribution >= 0.6 is 0 Å². The third-order valence-corrected chi connectivity index (χ3v) is 16.0. The number of hydrogen-bond acceptors (Lipinski definition) is 0. The molecule has 540 valence electrons. The first-order valence-electron chi connectivity index (χ1n) is 36.0. The average molecular weight is 1280 g/mol. The molecular formula is C92H172. The lowest BCUT2D eigenvalue weighted by Crippen LogP contribution is -1.98. The van der Waals surface area contributed by atoms with E-state index in [4.69, 9.17) is 0 Å². The molecule has 0 amide bonds. The van der Waals surface area contributed by atoms with E-state index in [1.165, 1.54) is 140 Å². The highest BCUT2D eigenvalue weighted by Crippen LogP contribution is 2.20. The topological polar surface area (TPSA) is 0 Å². The van der Waals surface area contributed by atoms with Crippen LogP contribution in [0.15, 0.2) is 195 Å². The fraction of sp³-hybridized carbons (Fsp3) is 0.630. The van der Waals surface area contributed by atoms with Gasteiger partial charge in [0.15, 0.2) is 0 Å². The molecule has 0 atom stereocenters. The van der Waals surface area contributed by atoms with Gasteiger partial charge >= 0.3 is 0 Å². The largest absolute Gasteiger partial charge is 0.0888 e. The Balaban J connectivity index is -0.0000000874. The van der Waals surface area contributed by atoms with Crippen molar-refractivity contribution in [1.82, 2.24) is 0 Å². The molecule has 0 aromatic carbocycles. The Hall–Kier alpha value is -4.42. The van der Waals surface area contributed by atoms with E-state index in [1.807, 2.05) is 6.92 Å². The summed E-state index contributed by atoms with van der Waals surface area (Å²) in [7, 11) is 0. The van der Waals surface area contributed by atoms with E-state index >= 15 is 0 Å². The molecule has 0 saturated carbocycles. The first kappa shape index (κ1) is 112. The van der Waals surface area contributed by atoms with E-state index < -0.39 is 0 Å². The molecule has 0 aliphatic carbocycles. The van der Waals surface area contributed by atoms with Crippen molar-refractivity contribution in [1.29, 1.82) is 0 Å². The van der Waals surface area contributed by atoms with Gasteiger partial charge in [-0.1, -0.05) is 268 Å². The van der Waals surface area contributed by atoms with Crippen LogP contribution < -0.4 is 0 Å². The molecule has 0 aliphatic heterocycles. The monoisotopic (exact) mass is 1280 g/mol. The molecular weight excluding hydrogens is 1110 g/mol. The Morgan fingerprint density at radius 1 is 0.304 bits per heavy atom. The second-order valence-corrected chi connectivity index (χ2v) is 27.7. The molecule has 0 saturated heterocycles. The standard InChI is InChI=1S/C10H20.C10H18.C9H16.C9H18.C9H16.3C8H14.C8H16.C7H14.C6H12/c2*1-7(2)9(5)10(6)8(3)4;1-7(2)6-9(5)8(3)4;2*1-6-8(4)9(5)7(2)3;1-7(2)5-6-8(3)4;1-5-8(4)6-7(2)3;1-5-6-8(4)7(2)3;1-5-7(3)8(4)6-2;1-4-6-7(3)5-2;1-3-5-6-4-2/h7-8H,1-6H3;1-6H3;6H,1-5H3;7H,6H2,1-5H3;6H,1-5H3;3*5-6H,1-4H3;5-6H2,1-4H3;6H,4-5H2,1-3H3;5-6H,3-4H2,1-2H3/b10-9-;;;9-8-;;;8-5+;6-5+;8-7-;7-6-;6-5+. The number of allylic oxidation sites excluding steroid dienone is 34. The molecule has 0 radical (unpaired) electrons. The minimum atomic E-state index is 0.711. The van der Waals surface area contributed by atoms with Gasteiger partial charge in [-0.3, -0.25) is 0 Å². The summed E-state index contributed by atoms with van der Waals surface area (Å²) in [5.41, 5.74) is 33.0. The molecule has 0 unspecified atom stereocenters. The van der Waals surface area contributed by atoms with E-state index in [9.17, 15) is 0 Å². The molecule has 0 nitrogen and oxygen atoms in total. The Bertz CT molecular complexity index is 2290. The molecule has 0 aliphatic rings. The van der Waals surface area contributed by atoms with Crippen LogP contribution in [0.25, 0.3) is 0 Å². The molecule has 0 aromatic heterocycles. The zero-order valence-electron chi connectivity index (χ0n) is 72.5. The van der Waals surface area contributed by atoms with Gasteiger partial charge in [0.05, 0.1) is 0 Å². The SMILES string of the molecule is C/C(=C(\C)C(C)C)C(C)C.C/C=C(\C)C=C(C)C.C/C=C/C(C)=C(C)C.CC(C)=C(C)C(C)=C(C)C.CC(C)=CC(C)=C(C)C.CC(C)=CC=C(C)C.CC/C(C)=C(/C)C(C)C.CC/C(C)=C(/C)CC.CC/C=C(/C)CC.CC/C=C/CC.CC=C(C)C(C)=C(C)C. The molecule has 0 bridgehead atoms. The Labute approximate surface area is 586 Å². The van der Waals surface area contributed by atoms with Crippen molar-refractivity contribution in [2.45, 2.75) is 377 Å². The summed E-state index contributed by atoms with van der Waals surface area (Å²) >= 11 is 0. The minimum Gasteiger partial charge on any atom is -0.0888 e. The highest BCUT2D eigenvalue weighted by atomic mass is 14.1. The van der Waals surface area contributed by atoms with Gasteiger partial charge in [-0.25, -0.2) is 0 Å². The van der Waals surface area contributed by atoms with Crippen molar-refractivity contribution in [2.24, 2.45) is 17.8 Å². The van der Waals surface area contributed by atoms with Gasteiger partial charge in [0, 0.05) is 0 Å². The van der Waals surface area contributed by atoms with Gasteiger partial charge < -0.3 is 0 Å². The minimum absolute atomic E-state index is 0.711. The van der Waals surface area contributed by atoms with Crippen LogP contribution in [0.4, 0.5) is 0 Å². The summed E-state index contributed by atoms with van der Waals surface area (Å²) in [6.45, 7) is 104. The zero-order chi connectivity index (χ0) is 75.7. The van der Waals surface area contributed by atoms with E-state index in [0.717, 1.165) is 5.92 Å². The van der Waals surface area contributed by atoms with Crippen molar-refractivity contribution in [2.75, 3.05) is 0 Å². The second-order valence-electron chi connectivity index (χ2n) is 27.7. The van der Waals surface area contributed by atoms with E-state index in [1.54, 1.807) is 33.4 Å². The van der Waals surface area contributed by atoms with Gasteiger partial charge in [-0.05, 0) is 322 Å². The van der Waals surface area contributed by atoms with Crippen LogP contribution in [0.5, 0.6) is 0 Å². The van der Waals surface area contributed by atoms with Crippen LogP contribution in [-0.2, 0) is 0 Å².